The molecule has 1 aromatic heterocycles. The van der Waals surface area contributed by atoms with Crippen molar-refractivity contribution in [3.05, 3.63) is 101 Å². The lowest BCUT2D eigenvalue weighted by Crippen LogP contribution is -1.92. The lowest BCUT2D eigenvalue weighted by atomic mass is 9.94. The molecular formula is C26H15NO2S. The molecule has 30 heavy (non-hydrogen) atoms. The number of hydrogen-bond donors (Lipinski definition) is 0. The molecule has 0 amide bonds. The highest BCUT2D eigenvalue weighted by molar-refractivity contribution is 7.27. The molecule has 6 aromatic rings. The predicted molar refractivity (Wildman–Crippen MR) is 126 cm³/mol. The second-order valence-electron chi connectivity index (χ2n) is 7.38. The highest BCUT2D eigenvalue weighted by atomic mass is 32.1. The van der Waals surface area contributed by atoms with Gasteiger partial charge in [0.15, 0.2) is 0 Å². The van der Waals surface area contributed by atoms with Crippen LogP contribution in [0.1, 0.15) is 0 Å². The van der Waals surface area contributed by atoms with Crippen LogP contribution in [0.15, 0.2) is 91.0 Å². The Bertz CT molecular complexity index is 1630. The van der Waals surface area contributed by atoms with Gasteiger partial charge < -0.3 is 0 Å². The topological polar surface area (TPSA) is 43.1 Å². The summed E-state index contributed by atoms with van der Waals surface area (Å²) in [5.74, 6) is 0. The van der Waals surface area contributed by atoms with E-state index in [-0.39, 0.29) is 10.6 Å². The van der Waals surface area contributed by atoms with Crippen LogP contribution in [-0.2, 0) is 0 Å². The highest BCUT2D eigenvalue weighted by Gasteiger charge is 2.19. The number of thiophene rings is 1. The molecule has 0 radical (unpaired) electrons. The molecule has 0 unspecified atom stereocenters. The van der Waals surface area contributed by atoms with Gasteiger partial charge in [0.2, 0.25) is 0 Å². The van der Waals surface area contributed by atoms with E-state index in [2.05, 4.69) is 54.6 Å². The van der Waals surface area contributed by atoms with Gasteiger partial charge in [-0.15, -0.1) is 11.3 Å². The van der Waals surface area contributed by atoms with Crippen LogP contribution >= 0.6 is 11.3 Å². The maximum Gasteiger partial charge on any atom is 0.277 e. The first-order chi connectivity index (χ1) is 14.7. The van der Waals surface area contributed by atoms with Crippen molar-refractivity contribution in [1.29, 1.82) is 0 Å². The second kappa shape index (κ2) is 6.37. The van der Waals surface area contributed by atoms with Crippen molar-refractivity contribution in [1.82, 2.24) is 0 Å². The molecule has 5 aromatic carbocycles. The van der Waals surface area contributed by atoms with Crippen molar-refractivity contribution < 1.29 is 4.92 Å². The van der Waals surface area contributed by atoms with E-state index in [9.17, 15) is 10.1 Å². The van der Waals surface area contributed by atoms with E-state index in [1.54, 1.807) is 23.5 Å². The maximum atomic E-state index is 11.7. The van der Waals surface area contributed by atoms with Crippen molar-refractivity contribution in [2.24, 2.45) is 0 Å². The number of benzene rings is 5. The Morgan fingerprint density at radius 1 is 0.667 bits per heavy atom. The molecule has 142 valence electrons. The van der Waals surface area contributed by atoms with Crippen LogP contribution in [0, 0.1) is 10.1 Å². The summed E-state index contributed by atoms with van der Waals surface area (Å²) in [5, 5.41) is 18.8. The Hall–Kier alpha value is -3.76. The Morgan fingerprint density at radius 2 is 1.37 bits per heavy atom. The number of rotatable bonds is 2. The smallest absolute Gasteiger partial charge is 0.258 e. The van der Waals surface area contributed by atoms with Crippen molar-refractivity contribution in [2.75, 3.05) is 0 Å². The average molecular weight is 405 g/mol. The summed E-state index contributed by atoms with van der Waals surface area (Å²) in [6.07, 6.45) is 0. The zero-order chi connectivity index (χ0) is 20.2. The first kappa shape index (κ1) is 17.1. The van der Waals surface area contributed by atoms with Crippen LogP contribution in [0.2, 0.25) is 0 Å². The van der Waals surface area contributed by atoms with Gasteiger partial charge in [-0.3, -0.25) is 10.1 Å². The first-order valence-corrected chi connectivity index (χ1v) is 10.5. The summed E-state index contributed by atoms with van der Waals surface area (Å²) in [6.45, 7) is 0. The van der Waals surface area contributed by atoms with Crippen LogP contribution in [0.4, 0.5) is 5.69 Å². The number of nitro groups is 1. The van der Waals surface area contributed by atoms with Gasteiger partial charge in [-0.25, -0.2) is 0 Å². The number of hydrogen-bond acceptors (Lipinski definition) is 3. The fraction of sp³-hybridized carbons (Fsp3) is 0. The Morgan fingerprint density at radius 3 is 2.20 bits per heavy atom. The minimum Gasteiger partial charge on any atom is -0.258 e. The third kappa shape index (κ3) is 2.38. The van der Waals surface area contributed by atoms with E-state index in [0.29, 0.717) is 5.56 Å². The van der Waals surface area contributed by atoms with Gasteiger partial charge >= 0.3 is 0 Å². The number of nitro benzene ring substituents is 1. The minimum atomic E-state index is -0.299. The molecule has 0 saturated carbocycles. The molecule has 6 rings (SSSR count). The quantitative estimate of drug-likeness (QED) is 0.217. The van der Waals surface area contributed by atoms with Gasteiger partial charge in [0, 0.05) is 26.2 Å². The van der Waals surface area contributed by atoms with E-state index >= 15 is 0 Å². The summed E-state index contributed by atoms with van der Waals surface area (Å²) in [5.41, 5.74) is 1.69. The molecule has 0 spiro atoms. The first-order valence-electron chi connectivity index (χ1n) is 9.72. The molecule has 0 saturated heterocycles. The summed E-state index contributed by atoms with van der Waals surface area (Å²) >= 11 is 1.76. The lowest BCUT2D eigenvalue weighted by molar-refractivity contribution is -0.384. The van der Waals surface area contributed by atoms with Gasteiger partial charge in [-0.1, -0.05) is 72.8 Å². The van der Waals surface area contributed by atoms with E-state index in [0.717, 1.165) is 21.0 Å². The van der Waals surface area contributed by atoms with Crippen LogP contribution in [0.25, 0.3) is 52.8 Å². The van der Waals surface area contributed by atoms with Crippen molar-refractivity contribution in [3.63, 3.8) is 0 Å². The second-order valence-corrected chi connectivity index (χ2v) is 8.43. The number of nitrogens with zero attached hydrogens (tertiary/aromatic N) is 1. The Labute approximate surface area is 176 Å². The summed E-state index contributed by atoms with van der Waals surface area (Å²) in [4.78, 5) is 11.4. The molecular weight excluding hydrogens is 390 g/mol. The highest BCUT2D eigenvalue weighted by Crippen LogP contribution is 2.45. The molecule has 0 N–H and O–H groups in total. The molecule has 0 bridgehead atoms. The lowest BCUT2D eigenvalue weighted by Gasteiger charge is -2.09. The SMILES string of the molecule is O=[N+]([O-])c1ccccc1-c1cc2sc3c4ccccc4ccc3c2c2ccccc12. The largest absolute Gasteiger partial charge is 0.277 e. The molecule has 4 heteroatoms. The fourth-order valence-corrected chi connectivity index (χ4v) is 5.75. The van der Waals surface area contributed by atoms with Gasteiger partial charge in [0.25, 0.3) is 5.69 Å². The van der Waals surface area contributed by atoms with Crippen LogP contribution in [0.3, 0.4) is 0 Å². The average Bonchev–Trinajstić information content (AvgIpc) is 3.18. The van der Waals surface area contributed by atoms with Crippen LogP contribution in [-0.4, -0.2) is 4.92 Å². The molecule has 0 atom stereocenters. The van der Waals surface area contributed by atoms with Gasteiger partial charge in [0.05, 0.1) is 10.5 Å². The Balaban J connectivity index is 1.81. The molecule has 1 heterocycles. The van der Waals surface area contributed by atoms with Crippen molar-refractivity contribution in [2.45, 2.75) is 0 Å². The standard InChI is InChI=1S/C26H15NO2S/c28-27(29)23-12-6-5-10-19(23)22-15-24-25(20-11-4-3-9-18(20)22)21-14-13-16-7-1-2-8-17(16)26(21)30-24/h1-15H. The van der Waals surface area contributed by atoms with Crippen molar-refractivity contribution >= 4 is 58.7 Å². The van der Waals surface area contributed by atoms with Crippen LogP contribution in [0.5, 0.6) is 0 Å². The maximum absolute atomic E-state index is 11.7. The molecule has 0 aliphatic heterocycles. The molecule has 0 aliphatic rings. The fourth-order valence-electron chi connectivity index (χ4n) is 4.45. The van der Waals surface area contributed by atoms with E-state index in [4.69, 9.17) is 0 Å². The Kier molecular flexibility index (Phi) is 3.64. The molecule has 3 nitrogen and oxygen atoms in total. The van der Waals surface area contributed by atoms with Gasteiger partial charge in [-0.2, -0.15) is 0 Å². The van der Waals surface area contributed by atoms with Crippen LogP contribution < -0.4 is 0 Å². The molecule has 0 aliphatic carbocycles. The van der Waals surface area contributed by atoms with E-state index < -0.39 is 0 Å². The monoisotopic (exact) mass is 405 g/mol. The van der Waals surface area contributed by atoms with Gasteiger partial charge in [-0.05, 0) is 39.2 Å². The van der Waals surface area contributed by atoms with E-state index in [1.807, 2.05) is 24.3 Å². The summed E-state index contributed by atoms with van der Waals surface area (Å²) < 4.78 is 2.40. The van der Waals surface area contributed by atoms with Crippen molar-refractivity contribution in [3.8, 4) is 11.1 Å². The summed E-state index contributed by atoms with van der Waals surface area (Å²) in [7, 11) is 0. The number of fused-ring (bicyclic) bond motifs is 7. The zero-order valence-electron chi connectivity index (χ0n) is 15.8. The summed E-state index contributed by atoms with van der Waals surface area (Å²) in [6, 6.07) is 30.1. The predicted octanol–water partition coefficient (Wildman–Crippen LogP) is 7.94. The normalized spacial score (nSPS) is 11.6. The van der Waals surface area contributed by atoms with Gasteiger partial charge in [0.1, 0.15) is 0 Å². The third-order valence-corrected chi connectivity index (χ3v) is 6.95. The van der Waals surface area contributed by atoms with E-state index in [1.165, 1.54) is 26.2 Å². The third-order valence-electron chi connectivity index (χ3n) is 5.76. The zero-order valence-corrected chi connectivity index (χ0v) is 16.6. The molecule has 0 fully saturated rings. The number of para-hydroxylation sites is 1. The minimum absolute atomic E-state index is 0.133.